The molecule has 3 aromatic carbocycles. The van der Waals surface area contributed by atoms with Crippen LogP contribution in [0.3, 0.4) is 0 Å². The first-order valence-corrected chi connectivity index (χ1v) is 13.1. The summed E-state index contributed by atoms with van der Waals surface area (Å²) < 4.78 is 17.4. The lowest BCUT2D eigenvalue weighted by Crippen LogP contribution is -2.57. The summed E-state index contributed by atoms with van der Waals surface area (Å²) in [5.41, 5.74) is 1.86. The van der Waals surface area contributed by atoms with E-state index in [9.17, 15) is 9.90 Å². The van der Waals surface area contributed by atoms with Gasteiger partial charge in [0.25, 0.3) is 0 Å². The Morgan fingerprint density at radius 2 is 1.62 bits per heavy atom. The van der Waals surface area contributed by atoms with Gasteiger partial charge in [-0.05, 0) is 43.5 Å². The highest BCUT2D eigenvalue weighted by atomic mass is 16.5. The second kappa shape index (κ2) is 9.42. The number of hydrogen-bond donors (Lipinski definition) is 1. The number of amides is 1. The van der Waals surface area contributed by atoms with Crippen LogP contribution in [0.5, 0.6) is 23.0 Å². The molecule has 6 nitrogen and oxygen atoms in total. The number of methoxy groups -OCH3 is 2. The number of carbonyl (C=O) groups excluding carboxylic acids is 1. The van der Waals surface area contributed by atoms with Crippen LogP contribution < -0.4 is 14.2 Å². The van der Waals surface area contributed by atoms with Gasteiger partial charge in [-0.2, -0.15) is 0 Å². The third-order valence-corrected chi connectivity index (χ3v) is 8.54. The summed E-state index contributed by atoms with van der Waals surface area (Å²) in [5, 5.41) is 11.8. The molecule has 3 atom stereocenters. The van der Waals surface area contributed by atoms with E-state index < -0.39 is 11.5 Å². The number of para-hydroxylation sites is 2. The molecule has 3 aromatic rings. The van der Waals surface area contributed by atoms with E-state index in [0.717, 1.165) is 42.4 Å². The number of benzene rings is 3. The molecule has 2 aliphatic heterocycles. The Morgan fingerprint density at radius 1 is 0.919 bits per heavy atom. The molecule has 0 radical (unpaired) electrons. The van der Waals surface area contributed by atoms with Crippen LogP contribution >= 0.6 is 0 Å². The summed E-state index contributed by atoms with van der Waals surface area (Å²) in [5.74, 6) is 2.26. The Balaban J connectivity index is 1.48. The number of piperidine rings is 1. The third-order valence-electron chi connectivity index (χ3n) is 8.54. The van der Waals surface area contributed by atoms with E-state index in [1.54, 1.807) is 14.2 Å². The Morgan fingerprint density at radius 3 is 2.30 bits per heavy atom. The molecular formula is C31H33NO5. The van der Waals surface area contributed by atoms with E-state index in [0.29, 0.717) is 36.0 Å². The lowest BCUT2D eigenvalue weighted by molar-refractivity contribution is -0.156. The Kier molecular flexibility index (Phi) is 6.07. The average molecular weight is 500 g/mol. The van der Waals surface area contributed by atoms with Gasteiger partial charge in [0.15, 0.2) is 0 Å². The molecule has 0 bridgehead atoms. The fourth-order valence-corrected chi connectivity index (χ4v) is 6.72. The van der Waals surface area contributed by atoms with Crippen molar-refractivity contribution in [2.45, 2.75) is 49.7 Å². The number of fused-ring (bicyclic) bond motifs is 3. The number of hydrogen-bond acceptors (Lipinski definition) is 5. The molecule has 6 rings (SSSR count). The molecule has 0 aromatic heterocycles. The standard InChI is InChI=1S/C31H33NO5/c1-35-20-14-15-23(27(19-20)36-2)29-24-11-7-8-16-31(24,34)17-18-32(29)30(33)28-21-9-3-5-12-25(21)37-26-13-6-4-10-22(26)28/h3-6,9-10,12-15,19,24,28-29,34H,7-8,11,16-18H2,1-2H3/t24-,29+,31+/m0/s1. The fraction of sp³-hybridized carbons (Fsp3) is 0.387. The largest absolute Gasteiger partial charge is 0.497 e. The Hall–Kier alpha value is -3.51. The first kappa shape index (κ1) is 23.9. The van der Waals surface area contributed by atoms with Gasteiger partial charge in [-0.15, -0.1) is 0 Å². The number of carbonyl (C=O) groups is 1. The van der Waals surface area contributed by atoms with Crippen LogP contribution in [0.15, 0.2) is 66.7 Å². The van der Waals surface area contributed by atoms with Crippen LogP contribution in [0.25, 0.3) is 0 Å². The summed E-state index contributed by atoms with van der Waals surface area (Å²) in [7, 11) is 3.27. The maximum Gasteiger partial charge on any atom is 0.235 e. The van der Waals surface area contributed by atoms with E-state index in [1.165, 1.54) is 0 Å². The van der Waals surface area contributed by atoms with Gasteiger partial charge in [-0.3, -0.25) is 4.79 Å². The highest BCUT2D eigenvalue weighted by molar-refractivity contribution is 5.90. The minimum absolute atomic E-state index is 0.0266. The van der Waals surface area contributed by atoms with Gasteiger partial charge in [0.05, 0.1) is 31.8 Å². The lowest BCUT2D eigenvalue weighted by Gasteiger charge is -2.53. The van der Waals surface area contributed by atoms with E-state index >= 15 is 0 Å². The summed E-state index contributed by atoms with van der Waals surface area (Å²) in [6, 6.07) is 21.1. The fourth-order valence-electron chi connectivity index (χ4n) is 6.72. The summed E-state index contributed by atoms with van der Waals surface area (Å²) in [4.78, 5) is 16.7. The second-order valence-corrected chi connectivity index (χ2v) is 10.4. The van der Waals surface area contributed by atoms with Crippen molar-refractivity contribution in [2.24, 2.45) is 5.92 Å². The molecular weight excluding hydrogens is 466 g/mol. The summed E-state index contributed by atoms with van der Waals surface area (Å²) in [6.45, 7) is 0.480. The lowest BCUT2D eigenvalue weighted by atomic mass is 9.65. The topological polar surface area (TPSA) is 68.2 Å². The molecule has 2 heterocycles. The Labute approximate surface area is 217 Å². The highest BCUT2D eigenvalue weighted by Gasteiger charge is 2.52. The molecule has 2 fully saturated rings. The van der Waals surface area contributed by atoms with Crippen molar-refractivity contribution in [2.75, 3.05) is 20.8 Å². The van der Waals surface area contributed by atoms with E-state index in [2.05, 4.69) is 0 Å². The molecule has 1 N–H and O–H groups in total. The Bertz CT molecular complexity index is 1280. The number of aliphatic hydroxyl groups is 1. The van der Waals surface area contributed by atoms with Crippen LogP contribution in [0.4, 0.5) is 0 Å². The maximum absolute atomic E-state index is 14.7. The first-order valence-electron chi connectivity index (χ1n) is 13.1. The van der Waals surface area contributed by atoms with Crippen molar-refractivity contribution < 1.29 is 24.1 Å². The highest BCUT2D eigenvalue weighted by Crippen LogP contribution is 2.53. The molecule has 37 heavy (non-hydrogen) atoms. The van der Waals surface area contributed by atoms with Crippen LogP contribution in [0.2, 0.25) is 0 Å². The number of rotatable bonds is 4. The average Bonchev–Trinajstić information content (AvgIpc) is 2.94. The molecule has 1 saturated carbocycles. The van der Waals surface area contributed by atoms with Crippen molar-refractivity contribution >= 4 is 5.91 Å². The molecule has 6 heteroatoms. The van der Waals surface area contributed by atoms with Crippen LogP contribution in [0.1, 0.15) is 60.8 Å². The van der Waals surface area contributed by atoms with Crippen molar-refractivity contribution in [1.29, 1.82) is 0 Å². The van der Waals surface area contributed by atoms with E-state index in [4.69, 9.17) is 14.2 Å². The summed E-state index contributed by atoms with van der Waals surface area (Å²) >= 11 is 0. The van der Waals surface area contributed by atoms with Gasteiger partial charge < -0.3 is 24.2 Å². The van der Waals surface area contributed by atoms with Crippen molar-refractivity contribution in [1.82, 2.24) is 4.90 Å². The van der Waals surface area contributed by atoms with Crippen molar-refractivity contribution in [3.05, 3.63) is 83.4 Å². The van der Waals surface area contributed by atoms with Crippen LogP contribution in [-0.2, 0) is 4.79 Å². The maximum atomic E-state index is 14.7. The van der Waals surface area contributed by atoms with Crippen LogP contribution in [-0.4, -0.2) is 42.3 Å². The monoisotopic (exact) mass is 499 g/mol. The molecule has 3 aliphatic rings. The zero-order valence-electron chi connectivity index (χ0n) is 21.4. The first-order chi connectivity index (χ1) is 18.0. The minimum atomic E-state index is -0.796. The number of likely N-dealkylation sites (tertiary alicyclic amines) is 1. The normalized spacial score (nSPS) is 24.8. The van der Waals surface area contributed by atoms with Crippen molar-refractivity contribution in [3.63, 3.8) is 0 Å². The predicted octanol–water partition coefficient (Wildman–Crippen LogP) is 5.84. The van der Waals surface area contributed by atoms with Gasteiger partial charge in [-0.25, -0.2) is 0 Å². The summed E-state index contributed by atoms with van der Waals surface area (Å²) in [6.07, 6.45) is 4.24. The molecule has 1 saturated heterocycles. The van der Waals surface area contributed by atoms with Crippen LogP contribution in [0, 0.1) is 5.92 Å². The zero-order valence-corrected chi connectivity index (χ0v) is 21.4. The van der Waals surface area contributed by atoms with Gasteiger partial charge in [0.2, 0.25) is 5.91 Å². The predicted molar refractivity (Wildman–Crippen MR) is 140 cm³/mol. The molecule has 192 valence electrons. The third kappa shape index (κ3) is 3.95. The zero-order chi connectivity index (χ0) is 25.6. The van der Waals surface area contributed by atoms with Gasteiger partial charge in [0.1, 0.15) is 23.0 Å². The molecule has 0 spiro atoms. The minimum Gasteiger partial charge on any atom is -0.497 e. The molecule has 0 unspecified atom stereocenters. The van der Waals surface area contributed by atoms with Gasteiger partial charge >= 0.3 is 0 Å². The van der Waals surface area contributed by atoms with Gasteiger partial charge in [0, 0.05) is 35.2 Å². The van der Waals surface area contributed by atoms with E-state index in [-0.39, 0.29) is 17.9 Å². The molecule has 1 aliphatic carbocycles. The number of nitrogens with zero attached hydrogens (tertiary/aromatic N) is 1. The molecule has 1 amide bonds. The van der Waals surface area contributed by atoms with Gasteiger partial charge in [-0.1, -0.05) is 49.2 Å². The number of ether oxygens (including phenoxy) is 3. The smallest absolute Gasteiger partial charge is 0.235 e. The van der Waals surface area contributed by atoms with E-state index in [1.807, 2.05) is 71.6 Å². The van der Waals surface area contributed by atoms with Crippen molar-refractivity contribution in [3.8, 4) is 23.0 Å². The quantitative estimate of drug-likeness (QED) is 0.489. The second-order valence-electron chi connectivity index (χ2n) is 10.4. The SMILES string of the molecule is COc1ccc([C@@H]2[C@@H]3CCCC[C@@]3(O)CCN2C(=O)C2c3ccccc3Oc3ccccc32)c(OC)c1.